The number of allylic oxidation sites excluding steroid dienone is 4. The third-order valence-corrected chi connectivity index (χ3v) is 7.20. The van der Waals surface area contributed by atoms with Crippen LogP contribution in [0.1, 0.15) is 58.3 Å². The Balaban J connectivity index is 1.82. The first-order valence-electron chi connectivity index (χ1n) is 8.92. The zero-order chi connectivity index (χ0) is 16.2. The van der Waals surface area contributed by atoms with Gasteiger partial charge in [0.1, 0.15) is 5.78 Å². The molecule has 2 fully saturated rings. The van der Waals surface area contributed by atoms with Crippen LogP contribution in [0, 0.1) is 35.0 Å². The number of hydrogen-bond donors (Lipinski definition) is 0. The molecule has 0 bridgehead atoms. The molecule has 0 aromatic rings. The SMILES string of the molecule is C#CC[C@]12CCC(=O)C=C1CCC1C2=CCC2(C)C(=O)CCC12. The lowest BCUT2D eigenvalue weighted by atomic mass is 9.50. The third kappa shape index (κ3) is 1.89. The number of ketones is 2. The topological polar surface area (TPSA) is 34.1 Å². The molecule has 2 heteroatoms. The summed E-state index contributed by atoms with van der Waals surface area (Å²) in [7, 11) is 0. The highest BCUT2D eigenvalue weighted by atomic mass is 16.1. The maximum Gasteiger partial charge on any atom is 0.155 e. The van der Waals surface area contributed by atoms with Crippen LogP contribution in [-0.4, -0.2) is 11.6 Å². The van der Waals surface area contributed by atoms with E-state index in [2.05, 4.69) is 18.9 Å². The van der Waals surface area contributed by atoms with Crippen molar-refractivity contribution in [2.24, 2.45) is 22.7 Å². The van der Waals surface area contributed by atoms with E-state index in [1.807, 2.05) is 6.08 Å². The number of rotatable bonds is 1. The molecular weight excluding hydrogens is 284 g/mol. The Morgan fingerprint density at radius 1 is 1.26 bits per heavy atom. The summed E-state index contributed by atoms with van der Waals surface area (Å²) >= 11 is 0. The number of hydrogen-bond acceptors (Lipinski definition) is 2. The molecule has 2 saturated carbocycles. The van der Waals surface area contributed by atoms with Gasteiger partial charge in [-0.1, -0.05) is 24.1 Å². The van der Waals surface area contributed by atoms with Gasteiger partial charge in [0, 0.05) is 30.1 Å². The zero-order valence-electron chi connectivity index (χ0n) is 13.9. The molecule has 0 aromatic heterocycles. The van der Waals surface area contributed by atoms with Crippen LogP contribution in [-0.2, 0) is 9.59 Å². The molecule has 4 atom stereocenters. The Labute approximate surface area is 138 Å². The van der Waals surface area contributed by atoms with Crippen molar-refractivity contribution < 1.29 is 9.59 Å². The molecule has 0 heterocycles. The molecular formula is C21H24O2. The van der Waals surface area contributed by atoms with Crippen molar-refractivity contribution in [3.63, 3.8) is 0 Å². The maximum atomic E-state index is 12.4. The van der Waals surface area contributed by atoms with E-state index in [1.54, 1.807) is 0 Å². The van der Waals surface area contributed by atoms with Crippen molar-refractivity contribution in [2.45, 2.75) is 58.3 Å². The third-order valence-electron chi connectivity index (χ3n) is 7.20. The van der Waals surface area contributed by atoms with Gasteiger partial charge in [-0.3, -0.25) is 9.59 Å². The molecule has 2 nitrogen and oxygen atoms in total. The lowest BCUT2D eigenvalue weighted by molar-refractivity contribution is -0.127. The van der Waals surface area contributed by atoms with Crippen molar-refractivity contribution in [1.29, 1.82) is 0 Å². The normalized spacial score (nSPS) is 42.1. The minimum atomic E-state index is -0.156. The Kier molecular flexibility index (Phi) is 3.21. The Morgan fingerprint density at radius 2 is 2.09 bits per heavy atom. The van der Waals surface area contributed by atoms with Crippen LogP contribution < -0.4 is 0 Å². The summed E-state index contributed by atoms with van der Waals surface area (Å²) in [5.74, 6) is 4.56. The van der Waals surface area contributed by atoms with Gasteiger partial charge in [0.25, 0.3) is 0 Å². The largest absolute Gasteiger partial charge is 0.299 e. The number of carbonyl (C=O) groups is 2. The molecule has 0 amide bonds. The molecule has 3 unspecified atom stereocenters. The molecule has 4 rings (SSSR count). The summed E-state index contributed by atoms with van der Waals surface area (Å²) in [5, 5.41) is 0. The second kappa shape index (κ2) is 4.94. The standard InChI is InChI=1S/C21H24O2/c1-3-10-21-12-8-15(22)13-14(21)4-5-16-17-6-7-19(23)20(17,2)11-9-18(16)21/h1,9,13,16-17H,4-8,10-12H2,2H3/t16?,17?,20?,21-/m0/s1. The average molecular weight is 308 g/mol. The summed E-state index contributed by atoms with van der Waals surface area (Å²) in [5.41, 5.74) is 2.50. The number of Topliss-reactive ketones (excluding diaryl/α,β-unsaturated/α-hetero) is 1. The minimum Gasteiger partial charge on any atom is -0.299 e. The van der Waals surface area contributed by atoms with E-state index in [-0.39, 0.29) is 16.6 Å². The van der Waals surface area contributed by atoms with E-state index in [0.717, 1.165) is 38.5 Å². The summed E-state index contributed by atoms with van der Waals surface area (Å²) in [6, 6.07) is 0. The Hall–Kier alpha value is -1.62. The predicted molar refractivity (Wildman–Crippen MR) is 89.5 cm³/mol. The first-order chi connectivity index (χ1) is 11.0. The molecule has 120 valence electrons. The van der Waals surface area contributed by atoms with Crippen LogP contribution in [0.3, 0.4) is 0 Å². The zero-order valence-corrected chi connectivity index (χ0v) is 13.9. The first-order valence-corrected chi connectivity index (χ1v) is 8.92. The van der Waals surface area contributed by atoms with E-state index in [4.69, 9.17) is 6.42 Å². The number of fused-ring (bicyclic) bond motifs is 5. The molecule has 0 aliphatic heterocycles. The van der Waals surface area contributed by atoms with Gasteiger partial charge in [-0.15, -0.1) is 12.3 Å². The number of carbonyl (C=O) groups excluding carboxylic acids is 2. The molecule has 4 aliphatic carbocycles. The van der Waals surface area contributed by atoms with Crippen LogP contribution in [0.15, 0.2) is 23.3 Å². The fraction of sp³-hybridized carbons (Fsp3) is 0.619. The molecule has 4 aliphatic rings. The molecule has 0 aromatic carbocycles. The average Bonchev–Trinajstić information content (AvgIpc) is 2.84. The van der Waals surface area contributed by atoms with Gasteiger partial charge in [0.2, 0.25) is 0 Å². The van der Waals surface area contributed by atoms with E-state index < -0.39 is 0 Å². The summed E-state index contributed by atoms with van der Waals surface area (Å²) in [6.07, 6.45) is 16.8. The van der Waals surface area contributed by atoms with E-state index in [1.165, 1.54) is 11.1 Å². The van der Waals surface area contributed by atoms with Crippen LogP contribution in [0.25, 0.3) is 0 Å². The van der Waals surface area contributed by atoms with Gasteiger partial charge in [0.05, 0.1) is 0 Å². The Morgan fingerprint density at radius 3 is 2.87 bits per heavy atom. The number of terminal acetylenes is 1. The maximum absolute atomic E-state index is 12.4. The van der Waals surface area contributed by atoms with Crippen LogP contribution in [0.4, 0.5) is 0 Å². The van der Waals surface area contributed by atoms with Crippen molar-refractivity contribution >= 4 is 11.6 Å². The highest BCUT2D eigenvalue weighted by Crippen LogP contribution is 2.63. The molecule has 0 spiro atoms. The van der Waals surface area contributed by atoms with Crippen molar-refractivity contribution in [3.05, 3.63) is 23.3 Å². The molecule has 0 N–H and O–H groups in total. The van der Waals surface area contributed by atoms with E-state index in [0.29, 0.717) is 30.5 Å². The highest BCUT2D eigenvalue weighted by molar-refractivity contribution is 5.92. The van der Waals surface area contributed by atoms with E-state index in [9.17, 15) is 9.59 Å². The van der Waals surface area contributed by atoms with Crippen molar-refractivity contribution in [3.8, 4) is 12.3 Å². The first kappa shape index (κ1) is 14.9. The van der Waals surface area contributed by atoms with Crippen LogP contribution in [0.2, 0.25) is 0 Å². The predicted octanol–water partition coefficient (Wildman–Crippen LogP) is 4.01. The lowest BCUT2D eigenvalue weighted by Gasteiger charge is -2.53. The van der Waals surface area contributed by atoms with Gasteiger partial charge >= 0.3 is 0 Å². The fourth-order valence-electron chi connectivity index (χ4n) is 5.94. The second-order valence-corrected chi connectivity index (χ2v) is 8.09. The van der Waals surface area contributed by atoms with Gasteiger partial charge < -0.3 is 0 Å². The molecule has 23 heavy (non-hydrogen) atoms. The monoisotopic (exact) mass is 308 g/mol. The minimum absolute atomic E-state index is 0.0848. The molecule has 0 saturated heterocycles. The lowest BCUT2D eigenvalue weighted by Crippen LogP contribution is -2.45. The van der Waals surface area contributed by atoms with Gasteiger partial charge in [-0.2, -0.15) is 0 Å². The fourth-order valence-corrected chi connectivity index (χ4v) is 5.94. The second-order valence-electron chi connectivity index (χ2n) is 8.09. The van der Waals surface area contributed by atoms with Gasteiger partial charge in [0.15, 0.2) is 5.78 Å². The van der Waals surface area contributed by atoms with E-state index >= 15 is 0 Å². The summed E-state index contributed by atoms with van der Waals surface area (Å²) in [4.78, 5) is 24.3. The summed E-state index contributed by atoms with van der Waals surface area (Å²) in [6.45, 7) is 2.17. The van der Waals surface area contributed by atoms with Gasteiger partial charge in [-0.25, -0.2) is 0 Å². The molecule has 0 radical (unpaired) electrons. The van der Waals surface area contributed by atoms with Gasteiger partial charge in [-0.05, 0) is 50.0 Å². The Bertz CT molecular complexity index is 689. The highest BCUT2D eigenvalue weighted by Gasteiger charge is 2.56. The summed E-state index contributed by atoms with van der Waals surface area (Å²) < 4.78 is 0. The van der Waals surface area contributed by atoms with Crippen LogP contribution in [0.5, 0.6) is 0 Å². The van der Waals surface area contributed by atoms with Crippen molar-refractivity contribution in [1.82, 2.24) is 0 Å². The van der Waals surface area contributed by atoms with Crippen LogP contribution >= 0.6 is 0 Å². The smallest absolute Gasteiger partial charge is 0.155 e. The van der Waals surface area contributed by atoms with Crippen molar-refractivity contribution in [2.75, 3.05) is 0 Å². The quantitative estimate of drug-likeness (QED) is 0.542.